The second-order valence-corrected chi connectivity index (χ2v) is 10.8. The summed E-state index contributed by atoms with van der Waals surface area (Å²) in [6.07, 6.45) is 2.69. The third-order valence-electron chi connectivity index (χ3n) is 6.60. The van der Waals surface area contributed by atoms with Crippen LogP contribution in [0.1, 0.15) is 36.5 Å². The maximum Gasteiger partial charge on any atom is 0.251 e. The van der Waals surface area contributed by atoms with Gasteiger partial charge < -0.3 is 15.1 Å². The Bertz CT molecular complexity index is 1110. The monoisotopic (exact) mass is 484 g/mol. The van der Waals surface area contributed by atoms with E-state index in [0.717, 1.165) is 38.0 Å². The summed E-state index contributed by atoms with van der Waals surface area (Å²) < 4.78 is 27.7. The summed E-state index contributed by atoms with van der Waals surface area (Å²) >= 11 is 0. The minimum Gasteiger partial charge on any atom is -0.368 e. The van der Waals surface area contributed by atoms with Crippen LogP contribution in [0.5, 0.6) is 0 Å². The molecule has 0 saturated carbocycles. The number of rotatable bonds is 6. The van der Waals surface area contributed by atoms with Gasteiger partial charge >= 0.3 is 0 Å². The largest absolute Gasteiger partial charge is 0.368 e. The van der Waals surface area contributed by atoms with E-state index in [-0.39, 0.29) is 29.0 Å². The second kappa shape index (κ2) is 10.6. The number of carbonyl (C=O) groups is 2. The summed E-state index contributed by atoms with van der Waals surface area (Å²) in [5.41, 5.74) is 1.36. The number of sulfonamides is 1. The number of amides is 2. The van der Waals surface area contributed by atoms with Gasteiger partial charge in [0.15, 0.2) is 0 Å². The number of anilines is 1. The van der Waals surface area contributed by atoms with Crippen LogP contribution in [-0.4, -0.2) is 74.7 Å². The summed E-state index contributed by atoms with van der Waals surface area (Å²) in [5, 5.41) is 2.65. The standard InChI is InChI=1S/C25H32N4O4S/c1-20-8-5-6-13-29(20)34(32,33)23-12-7-9-21(18-23)25(31)26-19-24(30)28-16-14-27(15-17-28)22-10-3-2-4-11-22/h2-4,7,9-12,18,20H,5-6,8,13-17,19H2,1H3,(H,26,31). The van der Waals surface area contributed by atoms with E-state index in [2.05, 4.69) is 22.3 Å². The van der Waals surface area contributed by atoms with E-state index in [1.165, 1.54) is 16.4 Å². The zero-order valence-electron chi connectivity index (χ0n) is 19.5. The summed E-state index contributed by atoms with van der Waals surface area (Å²) in [7, 11) is -3.67. The van der Waals surface area contributed by atoms with Crippen molar-refractivity contribution in [1.29, 1.82) is 0 Å². The van der Waals surface area contributed by atoms with Gasteiger partial charge in [-0.05, 0) is 50.1 Å². The van der Waals surface area contributed by atoms with Gasteiger partial charge in [0, 0.05) is 50.0 Å². The molecule has 2 heterocycles. The first kappa shape index (κ1) is 24.2. The molecule has 0 radical (unpaired) electrons. The first-order chi connectivity index (χ1) is 16.4. The van der Waals surface area contributed by atoms with Crippen LogP contribution in [0.4, 0.5) is 5.69 Å². The predicted octanol–water partition coefficient (Wildman–Crippen LogP) is 2.33. The lowest BCUT2D eigenvalue weighted by Crippen LogP contribution is -2.51. The zero-order chi connectivity index (χ0) is 24.1. The van der Waals surface area contributed by atoms with Crippen molar-refractivity contribution in [3.8, 4) is 0 Å². The Hall–Kier alpha value is -2.91. The summed E-state index contributed by atoms with van der Waals surface area (Å²) in [6, 6.07) is 16.1. The van der Waals surface area contributed by atoms with Crippen LogP contribution in [0.15, 0.2) is 59.5 Å². The fraction of sp³-hybridized carbons (Fsp3) is 0.440. The highest BCUT2D eigenvalue weighted by molar-refractivity contribution is 7.89. The van der Waals surface area contributed by atoms with Crippen molar-refractivity contribution in [2.75, 3.05) is 44.2 Å². The molecule has 9 heteroatoms. The van der Waals surface area contributed by atoms with Crippen LogP contribution in [0.25, 0.3) is 0 Å². The molecule has 0 aromatic heterocycles. The van der Waals surface area contributed by atoms with Gasteiger partial charge in [-0.1, -0.05) is 30.7 Å². The third kappa shape index (κ3) is 5.42. The van der Waals surface area contributed by atoms with E-state index in [0.29, 0.717) is 19.6 Å². The molecule has 0 spiro atoms. The lowest BCUT2D eigenvalue weighted by Gasteiger charge is -2.36. The maximum atomic E-state index is 13.1. The van der Waals surface area contributed by atoms with Gasteiger partial charge in [0.05, 0.1) is 11.4 Å². The van der Waals surface area contributed by atoms with Crippen molar-refractivity contribution in [3.63, 3.8) is 0 Å². The van der Waals surface area contributed by atoms with E-state index in [1.54, 1.807) is 17.0 Å². The highest BCUT2D eigenvalue weighted by Crippen LogP contribution is 2.25. The molecule has 1 N–H and O–H groups in total. The fourth-order valence-electron chi connectivity index (χ4n) is 4.58. The molecule has 0 bridgehead atoms. The van der Waals surface area contributed by atoms with Crippen LogP contribution in [0.2, 0.25) is 0 Å². The number of para-hydroxylation sites is 1. The molecule has 182 valence electrons. The average molecular weight is 485 g/mol. The van der Waals surface area contributed by atoms with Crippen molar-refractivity contribution in [2.45, 2.75) is 37.1 Å². The molecule has 1 unspecified atom stereocenters. The highest BCUT2D eigenvalue weighted by atomic mass is 32.2. The summed E-state index contributed by atoms with van der Waals surface area (Å²) in [4.78, 5) is 29.4. The third-order valence-corrected chi connectivity index (χ3v) is 8.61. The molecule has 2 aliphatic rings. The van der Waals surface area contributed by atoms with Crippen molar-refractivity contribution >= 4 is 27.5 Å². The van der Waals surface area contributed by atoms with Gasteiger partial charge in [-0.3, -0.25) is 9.59 Å². The number of nitrogens with one attached hydrogen (secondary N) is 1. The zero-order valence-corrected chi connectivity index (χ0v) is 20.3. The van der Waals surface area contributed by atoms with Crippen molar-refractivity contribution in [1.82, 2.24) is 14.5 Å². The van der Waals surface area contributed by atoms with E-state index in [9.17, 15) is 18.0 Å². The molecule has 2 aromatic rings. The van der Waals surface area contributed by atoms with E-state index >= 15 is 0 Å². The van der Waals surface area contributed by atoms with E-state index in [1.807, 2.05) is 25.1 Å². The first-order valence-corrected chi connectivity index (χ1v) is 13.3. The van der Waals surface area contributed by atoms with Crippen LogP contribution >= 0.6 is 0 Å². The summed E-state index contributed by atoms with van der Waals surface area (Å²) in [5.74, 6) is -0.605. The quantitative estimate of drug-likeness (QED) is 0.680. The molecule has 8 nitrogen and oxygen atoms in total. The normalized spacial score (nSPS) is 19.6. The number of benzene rings is 2. The highest BCUT2D eigenvalue weighted by Gasteiger charge is 2.31. The Kier molecular flexibility index (Phi) is 7.53. The predicted molar refractivity (Wildman–Crippen MR) is 131 cm³/mol. The SMILES string of the molecule is CC1CCCCN1S(=O)(=O)c1cccc(C(=O)NCC(=O)N2CCN(c3ccccc3)CC2)c1. The molecule has 2 amide bonds. The Labute approximate surface area is 201 Å². The Morgan fingerprint density at radius 3 is 2.38 bits per heavy atom. The van der Waals surface area contributed by atoms with Gasteiger partial charge in [0.2, 0.25) is 15.9 Å². The van der Waals surface area contributed by atoms with Gasteiger partial charge in [0.25, 0.3) is 5.91 Å². The number of hydrogen-bond donors (Lipinski definition) is 1. The Balaban J connectivity index is 1.32. The fourth-order valence-corrected chi connectivity index (χ4v) is 6.33. The van der Waals surface area contributed by atoms with Gasteiger partial charge in [-0.15, -0.1) is 0 Å². The molecular weight excluding hydrogens is 452 g/mol. The number of piperidine rings is 1. The van der Waals surface area contributed by atoms with Crippen molar-refractivity contribution in [3.05, 3.63) is 60.2 Å². The maximum absolute atomic E-state index is 13.1. The van der Waals surface area contributed by atoms with Gasteiger partial charge in [0.1, 0.15) is 0 Å². The number of carbonyl (C=O) groups excluding carboxylic acids is 2. The van der Waals surface area contributed by atoms with Gasteiger partial charge in [-0.25, -0.2) is 8.42 Å². The number of nitrogens with zero attached hydrogens (tertiary/aromatic N) is 3. The van der Waals surface area contributed by atoms with Crippen LogP contribution in [0, 0.1) is 0 Å². The molecule has 2 aromatic carbocycles. The van der Waals surface area contributed by atoms with Crippen LogP contribution < -0.4 is 10.2 Å². The van der Waals surface area contributed by atoms with Crippen molar-refractivity contribution in [2.24, 2.45) is 0 Å². The van der Waals surface area contributed by atoms with Gasteiger partial charge in [-0.2, -0.15) is 4.31 Å². The molecule has 2 saturated heterocycles. The molecule has 2 aliphatic heterocycles. The number of piperazine rings is 1. The van der Waals surface area contributed by atoms with Crippen LogP contribution in [0.3, 0.4) is 0 Å². The number of hydrogen-bond acceptors (Lipinski definition) is 5. The summed E-state index contributed by atoms with van der Waals surface area (Å²) in [6.45, 7) is 4.93. The minimum absolute atomic E-state index is 0.0591. The minimum atomic E-state index is -3.67. The first-order valence-electron chi connectivity index (χ1n) is 11.8. The van der Waals surface area contributed by atoms with Crippen LogP contribution in [-0.2, 0) is 14.8 Å². The average Bonchev–Trinajstić information content (AvgIpc) is 2.88. The van der Waals surface area contributed by atoms with E-state index in [4.69, 9.17) is 0 Å². The lowest BCUT2D eigenvalue weighted by molar-refractivity contribution is -0.130. The van der Waals surface area contributed by atoms with Crippen molar-refractivity contribution < 1.29 is 18.0 Å². The Morgan fingerprint density at radius 1 is 0.941 bits per heavy atom. The molecule has 34 heavy (non-hydrogen) atoms. The second-order valence-electron chi connectivity index (χ2n) is 8.87. The molecule has 4 rings (SSSR count). The topological polar surface area (TPSA) is 90.0 Å². The molecule has 0 aliphatic carbocycles. The Morgan fingerprint density at radius 2 is 1.68 bits per heavy atom. The molecule has 2 fully saturated rings. The molecular formula is C25H32N4O4S. The smallest absolute Gasteiger partial charge is 0.251 e. The van der Waals surface area contributed by atoms with E-state index < -0.39 is 15.9 Å². The molecule has 1 atom stereocenters. The lowest BCUT2D eigenvalue weighted by atomic mass is 10.1.